The maximum atomic E-state index is 12.1. The van der Waals surface area contributed by atoms with E-state index in [9.17, 15) is 9.59 Å². The summed E-state index contributed by atoms with van der Waals surface area (Å²) in [6, 6.07) is 7.78. The van der Waals surface area contributed by atoms with E-state index in [1.807, 2.05) is 42.7 Å². The number of rotatable bonds is 6. The number of aryl methyl sites for hydroxylation is 1. The summed E-state index contributed by atoms with van der Waals surface area (Å²) in [7, 11) is 0. The molecule has 0 saturated heterocycles. The summed E-state index contributed by atoms with van der Waals surface area (Å²) >= 11 is 1.28. The predicted octanol–water partition coefficient (Wildman–Crippen LogP) is 3.13. The van der Waals surface area contributed by atoms with Crippen molar-refractivity contribution in [3.05, 3.63) is 29.8 Å². The lowest BCUT2D eigenvalue weighted by molar-refractivity contribution is -0.117. The summed E-state index contributed by atoms with van der Waals surface area (Å²) in [5.74, 6) is 0.570. The van der Waals surface area contributed by atoms with Gasteiger partial charge in [-0.1, -0.05) is 48.9 Å². The molecule has 1 aliphatic rings. The van der Waals surface area contributed by atoms with Crippen molar-refractivity contribution in [2.24, 2.45) is 0 Å². The van der Waals surface area contributed by atoms with E-state index in [1.165, 1.54) is 11.8 Å². The van der Waals surface area contributed by atoms with Gasteiger partial charge in [-0.2, -0.15) is 0 Å². The van der Waals surface area contributed by atoms with Crippen LogP contribution in [0, 0.1) is 6.92 Å². The number of aromatic nitrogens is 3. The molecule has 1 fully saturated rings. The minimum absolute atomic E-state index is 0.115. The van der Waals surface area contributed by atoms with E-state index >= 15 is 0 Å². The first-order valence-corrected chi connectivity index (χ1v) is 10.3. The third-order valence-electron chi connectivity index (χ3n) is 4.69. The lowest BCUT2D eigenvalue weighted by Gasteiger charge is -2.12. The average Bonchev–Trinajstić information content (AvgIpc) is 3.29. The highest BCUT2D eigenvalue weighted by atomic mass is 32.2. The molecule has 7 nitrogen and oxygen atoms in total. The van der Waals surface area contributed by atoms with Crippen LogP contribution in [0.2, 0.25) is 0 Å². The van der Waals surface area contributed by atoms with Gasteiger partial charge in [-0.15, -0.1) is 10.2 Å². The molecule has 0 radical (unpaired) electrons. The fourth-order valence-corrected chi connectivity index (χ4v) is 4.09. The number of urea groups is 1. The Balaban J connectivity index is 1.58. The van der Waals surface area contributed by atoms with E-state index in [2.05, 4.69) is 20.8 Å². The second-order valence-corrected chi connectivity index (χ2v) is 7.60. The zero-order valence-electron chi connectivity index (χ0n) is 15.7. The van der Waals surface area contributed by atoms with Gasteiger partial charge in [-0.05, 0) is 32.3 Å². The quantitative estimate of drug-likeness (QED) is 0.744. The Bertz CT molecular complexity index is 814. The van der Waals surface area contributed by atoms with Crippen molar-refractivity contribution in [3.63, 3.8) is 0 Å². The zero-order chi connectivity index (χ0) is 19.2. The molecular weight excluding hydrogens is 362 g/mol. The van der Waals surface area contributed by atoms with E-state index in [0.717, 1.165) is 42.6 Å². The number of hydrogen-bond donors (Lipinski definition) is 2. The molecule has 0 atom stereocenters. The molecule has 2 aromatic rings. The van der Waals surface area contributed by atoms with Gasteiger partial charge in [0.2, 0.25) is 5.91 Å². The normalized spacial score (nSPS) is 14.3. The van der Waals surface area contributed by atoms with Crippen molar-refractivity contribution in [1.82, 2.24) is 25.4 Å². The molecule has 3 rings (SSSR count). The largest absolute Gasteiger partial charge is 0.335 e. The van der Waals surface area contributed by atoms with Crippen LogP contribution in [0.1, 0.15) is 38.2 Å². The van der Waals surface area contributed by atoms with Gasteiger partial charge < -0.3 is 9.88 Å². The van der Waals surface area contributed by atoms with Crippen molar-refractivity contribution in [1.29, 1.82) is 0 Å². The summed E-state index contributed by atoms with van der Waals surface area (Å²) in [4.78, 5) is 24.0. The molecular formula is C19H25N5O2S. The van der Waals surface area contributed by atoms with Crippen LogP contribution in [0.5, 0.6) is 0 Å². The Labute approximate surface area is 163 Å². The van der Waals surface area contributed by atoms with Gasteiger partial charge in [0.05, 0.1) is 5.75 Å². The first-order valence-electron chi connectivity index (χ1n) is 9.30. The molecule has 0 aliphatic heterocycles. The topological polar surface area (TPSA) is 88.9 Å². The Morgan fingerprint density at radius 3 is 2.67 bits per heavy atom. The monoisotopic (exact) mass is 387 g/mol. The molecule has 8 heteroatoms. The second kappa shape index (κ2) is 9.03. The third-order valence-corrected chi connectivity index (χ3v) is 5.66. The molecule has 0 bridgehead atoms. The van der Waals surface area contributed by atoms with E-state index < -0.39 is 6.03 Å². The van der Waals surface area contributed by atoms with E-state index in [-0.39, 0.29) is 17.7 Å². The summed E-state index contributed by atoms with van der Waals surface area (Å²) in [5.41, 5.74) is 2.15. The fraction of sp³-hybridized carbons (Fsp3) is 0.474. The SMILES string of the molecule is CCn1c(SCC(=O)NC(=O)NC2CCCC2)nnc1-c1ccccc1C. The van der Waals surface area contributed by atoms with Gasteiger partial charge in [0.1, 0.15) is 0 Å². The molecule has 0 spiro atoms. The molecule has 1 aromatic carbocycles. The highest BCUT2D eigenvalue weighted by Gasteiger charge is 2.19. The molecule has 3 amide bonds. The first-order chi connectivity index (χ1) is 13.1. The van der Waals surface area contributed by atoms with Crippen molar-refractivity contribution >= 4 is 23.7 Å². The molecule has 2 N–H and O–H groups in total. The number of thioether (sulfide) groups is 1. The summed E-state index contributed by atoms with van der Waals surface area (Å²) < 4.78 is 1.98. The Morgan fingerprint density at radius 1 is 1.22 bits per heavy atom. The van der Waals surface area contributed by atoms with Crippen molar-refractivity contribution in [2.45, 2.75) is 57.3 Å². The lowest BCUT2D eigenvalue weighted by Crippen LogP contribution is -2.44. The molecule has 27 heavy (non-hydrogen) atoms. The lowest BCUT2D eigenvalue weighted by atomic mass is 10.1. The van der Waals surface area contributed by atoms with Gasteiger partial charge >= 0.3 is 6.03 Å². The van der Waals surface area contributed by atoms with Gasteiger partial charge in [0.15, 0.2) is 11.0 Å². The molecule has 1 heterocycles. The number of carbonyl (C=O) groups is 2. The number of amides is 3. The van der Waals surface area contributed by atoms with E-state index in [4.69, 9.17) is 0 Å². The predicted molar refractivity (Wildman–Crippen MR) is 106 cm³/mol. The second-order valence-electron chi connectivity index (χ2n) is 6.66. The van der Waals surface area contributed by atoms with Crippen LogP contribution in [0.3, 0.4) is 0 Å². The summed E-state index contributed by atoms with van der Waals surface area (Å²) in [5, 5.41) is 14.5. The van der Waals surface area contributed by atoms with Crippen LogP contribution < -0.4 is 10.6 Å². The van der Waals surface area contributed by atoms with Crippen LogP contribution in [0.4, 0.5) is 4.79 Å². The molecule has 1 aromatic heterocycles. The van der Waals surface area contributed by atoms with Crippen molar-refractivity contribution < 1.29 is 9.59 Å². The third kappa shape index (κ3) is 4.88. The fourth-order valence-electron chi connectivity index (χ4n) is 3.29. The number of benzene rings is 1. The number of carbonyl (C=O) groups excluding carboxylic acids is 2. The molecule has 1 saturated carbocycles. The van der Waals surface area contributed by atoms with Crippen molar-refractivity contribution in [2.75, 3.05) is 5.75 Å². The van der Waals surface area contributed by atoms with Gasteiger partial charge in [-0.3, -0.25) is 10.1 Å². The Morgan fingerprint density at radius 2 is 1.96 bits per heavy atom. The number of imide groups is 1. The average molecular weight is 388 g/mol. The molecule has 144 valence electrons. The first kappa shape index (κ1) is 19.4. The zero-order valence-corrected chi connectivity index (χ0v) is 16.5. The highest BCUT2D eigenvalue weighted by molar-refractivity contribution is 7.99. The van der Waals surface area contributed by atoms with Crippen molar-refractivity contribution in [3.8, 4) is 11.4 Å². The minimum atomic E-state index is -0.412. The minimum Gasteiger partial charge on any atom is -0.335 e. The van der Waals surface area contributed by atoms with E-state index in [0.29, 0.717) is 11.7 Å². The van der Waals surface area contributed by atoms with Crippen LogP contribution in [-0.2, 0) is 11.3 Å². The van der Waals surface area contributed by atoms with Crippen LogP contribution in [0.15, 0.2) is 29.4 Å². The van der Waals surface area contributed by atoms with Crippen LogP contribution >= 0.6 is 11.8 Å². The van der Waals surface area contributed by atoms with Gasteiger partial charge in [0.25, 0.3) is 0 Å². The molecule has 1 aliphatic carbocycles. The smallest absolute Gasteiger partial charge is 0.321 e. The maximum Gasteiger partial charge on any atom is 0.321 e. The molecule has 0 unspecified atom stereocenters. The van der Waals surface area contributed by atoms with Crippen LogP contribution in [0.25, 0.3) is 11.4 Å². The standard InChI is InChI=1S/C19H25N5O2S/c1-3-24-17(15-11-7-4-8-13(15)2)22-23-19(24)27-12-16(25)21-18(26)20-14-9-5-6-10-14/h4,7-8,11,14H,3,5-6,9-10,12H2,1-2H3,(H2,20,21,25,26). The van der Waals surface area contributed by atoms with Gasteiger partial charge in [0, 0.05) is 18.2 Å². The Kier molecular flexibility index (Phi) is 6.49. The number of nitrogens with one attached hydrogen (secondary N) is 2. The van der Waals surface area contributed by atoms with Gasteiger partial charge in [-0.25, -0.2) is 4.79 Å². The number of nitrogens with zero attached hydrogens (tertiary/aromatic N) is 3. The summed E-state index contributed by atoms with van der Waals surface area (Å²) in [6.45, 7) is 4.75. The highest BCUT2D eigenvalue weighted by Crippen LogP contribution is 2.26. The summed E-state index contributed by atoms with van der Waals surface area (Å²) in [6.07, 6.45) is 4.23. The van der Waals surface area contributed by atoms with Crippen LogP contribution in [-0.4, -0.2) is 38.5 Å². The van der Waals surface area contributed by atoms with E-state index in [1.54, 1.807) is 0 Å². The Hall–Kier alpha value is -2.35. The maximum absolute atomic E-state index is 12.1. The number of hydrogen-bond acceptors (Lipinski definition) is 5.